The Hall–Kier alpha value is -1.50. The first kappa shape index (κ1) is 16.9. The Kier molecular flexibility index (Phi) is 4.09. The van der Waals surface area contributed by atoms with E-state index in [0.29, 0.717) is 41.4 Å². The number of aliphatic hydroxyl groups is 1. The number of aliphatic hydroxyl groups excluding tert-OH is 1. The van der Waals surface area contributed by atoms with Crippen LogP contribution in [-0.2, 0) is 9.59 Å². The minimum absolute atomic E-state index is 0.0527. The smallest absolute Gasteiger partial charge is 0.246 e. The van der Waals surface area contributed by atoms with Gasteiger partial charge in [-0.25, -0.2) is 0 Å². The van der Waals surface area contributed by atoms with Crippen molar-refractivity contribution in [2.75, 3.05) is 13.1 Å². The maximum Gasteiger partial charge on any atom is 0.246 e. The average molecular weight is 385 g/mol. The molecule has 0 aliphatic carbocycles. The second kappa shape index (κ2) is 6.04. The van der Waals surface area contributed by atoms with E-state index in [1.54, 1.807) is 4.90 Å². The highest BCUT2D eigenvalue weighted by Crippen LogP contribution is 2.44. The van der Waals surface area contributed by atoms with Crippen molar-refractivity contribution in [2.45, 2.75) is 43.4 Å². The molecule has 2 amide bonds. The number of carbonyl (C=O) groups is 2. The molecule has 3 saturated heterocycles. The summed E-state index contributed by atoms with van der Waals surface area (Å²) >= 11 is 12.4. The number of phenols is 1. The number of carbonyl (C=O) groups excluding carboxylic acids is 2. The summed E-state index contributed by atoms with van der Waals surface area (Å²) in [5, 5.41) is 20.7. The van der Waals surface area contributed by atoms with Crippen LogP contribution in [0.5, 0.6) is 5.75 Å². The van der Waals surface area contributed by atoms with Crippen molar-refractivity contribution < 1.29 is 19.8 Å². The molecule has 0 spiro atoms. The number of nitrogens with zero attached hydrogens (tertiary/aromatic N) is 2. The summed E-state index contributed by atoms with van der Waals surface area (Å²) in [6, 6.07) is 1.90. The summed E-state index contributed by atoms with van der Waals surface area (Å²) in [4.78, 5) is 28.6. The fourth-order valence-corrected chi connectivity index (χ4v) is 4.82. The van der Waals surface area contributed by atoms with E-state index >= 15 is 0 Å². The van der Waals surface area contributed by atoms with Gasteiger partial charge in [-0.1, -0.05) is 23.2 Å². The van der Waals surface area contributed by atoms with Crippen molar-refractivity contribution in [2.24, 2.45) is 0 Å². The second-order valence-electron chi connectivity index (χ2n) is 6.96. The Labute approximate surface area is 154 Å². The third-order valence-corrected chi connectivity index (χ3v) is 6.35. The first-order chi connectivity index (χ1) is 11.9. The van der Waals surface area contributed by atoms with Crippen molar-refractivity contribution in [1.29, 1.82) is 0 Å². The zero-order valence-electron chi connectivity index (χ0n) is 13.4. The number of piperazine rings is 1. The maximum atomic E-state index is 12.8. The van der Waals surface area contributed by atoms with Crippen LogP contribution in [0.1, 0.15) is 30.7 Å². The van der Waals surface area contributed by atoms with Crippen molar-refractivity contribution in [3.8, 4) is 5.75 Å². The highest BCUT2D eigenvalue weighted by atomic mass is 35.5. The van der Waals surface area contributed by atoms with Crippen LogP contribution in [-0.4, -0.2) is 63.1 Å². The van der Waals surface area contributed by atoms with E-state index in [4.69, 9.17) is 23.2 Å². The summed E-state index contributed by atoms with van der Waals surface area (Å²) in [5.41, 5.74) is 0.539. The van der Waals surface area contributed by atoms with Crippen LogP contribution in [0.2, 0.25) is 10.0 Å². The SMILES string of the molecule is O=C1[C@H]2CC(c3c(O)ccc(Cl)c3Cl)CCN2C(=O)C2C[C@@H](O)CN12. The number of hydrogen-bond donors (Lipinski definition) is 2. The number of amides is 2. The number of benzene rings is 1. The summed E-state index contributed by atoms with van der Waals surface area (Å²) in [6.07, 6.45) is 0.634. The van der Waals surface area contributed by atoms with Gasteiger partial charge in [-0.05, 0) is 30.9 Å². The molecule has 6 nitrogen and oxygen atoms in total. The standard InChI is InChI=1S/C17H18Cl2N2O4/c18-10-1-2-13(23)14(15(10)19)8-3-4-20-11(5-8)17(25)21-7-9(22)6-12(21)16(20)24/h1-2,8-9,11-12,22-23H,3-7H2/t8?,9-,11-,12?/m1/s1. The van der Waals surface area contributed by atoms with Crippen LogP contribution in [0, 0.1) is 0 Å². The van der Waals surface area contributed by atoms with Gasteiger partial charge in [0.2, 0.25) is 11.8 Å². The molecular weight excluding hydrogens is 367 g/mol. The van der Waals surface area contributed by atoms with E-state index in [-0.39, 0.29) is 30.0 Å². The van der Waals surface area contributed by atoms with Gasteiger partial charge in [0.15, 0.2) is 0 Å². The van der Waals surface area contributed by atoms with Gasteiger partial charge in [-0.3, -0.25) is 9.59 Å². The number of halogens is 2. The second-order valence-corrected chi connectivity index (χ2v) is 7.74. The molecule has 8 heteroatoms. The zero-order chi connectivity index (χ0) is 17.9. The van der Waals surface area contributed by atoms with E-state index in [9.17, 15) is 19.8 Å². The molecule has 0 radical (unpaired) electrons. The number of fused-ring (bicyclic) bond motifs is 2. The molecule has 3 heterocycles. The van der Waals surface area contributed by atoms with Crippen molar-refractivity contribution in [3.05, 3.63) is 27.7 Å². The third kappa shape index (κ3) is 2.58. The van der Waals surface area contributed by atoms with Crippen LogP contribution in [0.4, 0.5) is 0 Å². The number of rotatable bonds is 1. The Balaban J connectivity index is 1.64. The van der Waals surface area contributed by atoms with Gasteiger partial charge < -0.3 is 20.0 Å². The molecule has 1 aromatic rings. The fourth-order valence-electron chi connectivity index (χ4n) is 4.34. The van der Waals surface area contributed by atoms with Crippen LogP contribution < -0.4 is 0 Å². The minimum atomic E-state index is -0.651. The lowest BCUT2D eigenvalue weighted by atomic mass is 9.83. The Morgan fingerprint density at radius 1 is 1.04 bits per heavy atom. The molecule has 3 aliphatic rings. The molecule has 3 fully saturated rings. The lowest BCUT2D eigenvalue weighted by molar-refractivity contribution is -0.161. The van der Waals surface area contributed by atoms with Crippen LogP contribution in [0.25, 0.3) is 0 Å². The molecule has 25 heavy (non-hydrogen) atoms. The van der Waals surface area contributed by atoms with E-state index in [1.165, 1.54) is 17.0 Å². The van der Waals surface area contributed by atoms with E-state index in [2.05, 4.69) is 0 Å². The summed E-state index contributed by atoms with van der Waals surface area (Å²) in [7, 11) is 0. The first-order valence-corrected chi connectivity index (χ1v) is 9.10. The van der Waals surface area contributed by atoms with Crippen LogP contribution in [0.3, 0.4) is 0 Å². The molecule has 4 atom stereocenters. The molecule has 0 bridgehead atoms. The van der Waals surface area contributed by atoms with Crippen molar-refractivity contribution >= 4 is 35.0 Å². The summed E-state index contributed by atoms with van der Waals surface area (Å²) < 4.78 is 0. The van der Waals surface area contributed by atoms with Gasteiger partial charge in [0, 0.05) is 25.1 Å². The largest absolute Gasteiger partial charge is 0.508 e. The number of piperidine rings is 1. The summed E-state index contributed by atoms with van der Waals surface area (Å²) in [5.74, 6) is -0.338. The predicted octanol–water partition coefficient (Wildman–Crippen LogP) is 1.75. The van der Waals surface area contributed by atoms with E-state index < -0.39 is 18.2 Å². The number of phenolic OH excluding ortho intramolecular Hbond substituents is 1. The Morgan fingerprint density at radius 3 is 2.48 bits per heavy atom. The molecular formula is C17H18Cl2N2O4. The fraction of sp³-hybridized carbons (Fsp3) is 0.529. The number of hydrogen-bond acceptors (Lipinski definition) is 4. The normalized spacial score (nSPS) is 32.0. The quantitative estimate of drug-likeness (QED) is 0.772. The van der Waals surface area contributed by atoms with Gasteiger partial charge in [-0.2, -0.15) is 0 Å². The lowest BCUT2D eigenvalue weighted by Crippen LogP contribution is -2.64. The van der Waals surface area contributed by atoms with Crippen molar-refractivity contribution in [3.63, 3.8) is 0 Å². The Bertz CT molecular complexity index is 756. The van der Waals surface area contributed by atoms with Crippen LogP contribution in [0.15, 0.2) is 12.1 Å². The highest BCUT2D eigenvalue weighted by Gasteiger charge is 2.52. The predicted molar refractivity (Wildman–Crippen MR) is 91.7 cm³/mol. The van der Waals surface area contributed by atoms with Gasteiger partial charge in [0.1, 0.15) is 17.8 Å². The molecule has 3 aliphatic heterocycles. The topological polar surface area (TPSA) is 81.1 Å². The molecule has 0 aromatic heterocycles. The monoisotopic (exact) mass is 384 g/mol. The average Bonchev–Trinajstić information content (AvgIpc) is 2.98. The lowest BCUT2D eigenvalue weighted by Gasteiger charge is -2.46. The van der Waals surface area contributed by atoms with E-state index in [0.717, 1.165) is 0 Å². The first-order valence-electron chi connectivity index (χ1n) is 8.34. The van der Waals surface area contributed by atoms with E-state index in [1.807, 2.05) is 0 Å². The molecule has 0 saturated carbocycles. The van der Waals surface area contributed by atoms with Crippen LogP contribution >= 0.6 is 23.2 Å². The molecule has 2 unspecified atom stereocenters. The molecule has 2 N–H and O–H groups in total. The maximum absolute atomic E-state index is 12.8. The number of aromatic hydroxyl groups is 1. The highest BCUT2D eigenvalue weighted by molar-refractivity contribution is 6.42. The van der Waals surface area contributed by atoms with Gasteiger partial charge in [0.05, 0.1) is 16.1 Å². The zero-order valence-corrected chi connectivity index (χ0v) is 14.9. The Morgan fingerprint density at radius 2 is 1.72 bits per heavy atom. The molecule has 1 aromatic carbocycles. The minimum Gasteiger partial charge on any atom is -0.508 e. The third-order valence-electron chi connectivity index (χ3n) is 5.54. The summed E-state index contributed by atoms with van der Waals surface area (Å²) in [6.45, 7) is 0.621. The van der Waals surface area contributed by atoms with Gasteiger partial charge >= 0.3 is 0 Å². The molecule has 134 valence electrons. The van der Waals surface area contributed by atoms with Crippen molar-refractivity contribution in [1.82, 2.24) is 9.80 Å². The van der Waals surface area contributed by atoms with Gasteiger partial charge in [0.25, 0.3) is 0 Å². The molecule has 4 rings (SSSR count). The van der Waals surface area contributed by atoms with Gasteiger partial charge in [-0.15, -0.1) is 0 Å².